The number of anilines is 1. The van der Waals surface area contributed by atoms with Crippen molar-refractivity contribution in [3.63, 3.8) is 0 Å². The molecule has 0 saturated carbocycles. The fourth-order valence-electron chi connectivity index (χ4n) is 2.09. The Bertz CT molecular complexity index is 777. The molecule has 0 aliphatic rings. The van der Waals surface area contributed by atoms with Crippen molar-refractivity contribution in [3.8, 4) is 11.3 Å². The Kier molecular flexibility index (Phi) is 2.45. The molecule has 19 heavy (non-hydrogen) atoms. The van der Waals surface area contributed by atoms with Gasteiger partial charge in [0.05, 0.1) is 5.69 Å². The zero-order valence-corrected chi connectivity index (χ0v) is 9.92. The maximum atomic E-state index is 10.9. The molecule has 0 aliphatic carbocycles. The highest BCUT2D eigenvalue weighted by Gasteiger charge is 2.12. The summed E-state index contributed by atoms with van der Waals surface area (Å²) >= 11 is 0. The van der Waals surface area contributed by atoms with Gasteiger partial charge in [-0.3, -0.25) is 0 Å². The van der Waals surface area contributed by atoms with Gasteiger partial charge in [0, 0.05) is 22.7 Å². The molecule has 5 heteroatoms. The van der Waals surface area contributed by atoms with Crippen molar-refractivity contribution in [2.45, 2.75) is 0 Å². The van der Waals surface area contributed by atoms with Crippen LogP contribution < -0.4 is 5.73 Å². The summed E-state index contributed by atoms with van der Waals surface area (Å²) in [4.78, 5) is 18.2. The molecule has 3 rings (SSSR count). The Hall–Kier alpha value is -2.82. The van der Waals surface area contributed by atoms with E-state index in [9.17, 15) is 4.79 Å². The van der Waals surface area contributed by atoms with Crippen LogP contribution in [-0.4, -0.2) is 21.0 Å². The number of H-pyrrole nitrogens is 1. The topological polar surface area (TPSA) is 92.0 Å². The summed E-state index contributed by atoms with van der Waals surface area (Å²) in [6, 6.07) is 11.0. The van der Waals surface area contributed by atoms with E-state index in [4.69, 9.17) is 10.8 Å². The Morgan fingerprint density at radius 3 is 2.74 bits per heavy atom. The molecule has 0 atom stereocenters. The standard InChI is InChI=1S/C14H11N3O2/c15-13-9(14(18)19)5-6-12(17-13)10-7-16-11-4-2-1-3-8(10)11/h1-7,16H,(H2,15,17)(H,18,19). The molecule has 0 radical (unpaired) electrons. The van der Waals surface area contributed by atoms with Crippen LogP contribution in [0.3, 0.4) is 0 Å². The van der Waals surface area contributed by atoms with Gasteiger partial charge in [-0.15, -0.1) is 0 Å². The van der Waals surface area contributed by atoms with Gasteiger partial charge in [-0.2, -0.15) is 0 Å². The van der Waals surface area contributed by atoms with E-state index in [-0.39, 0.29) is 11.4 Å². The number of carbonyl (C=O) groups is 1. The third-order valence-electron chi connectivity index (χ3n) is 3.02. The number of benzene rings is 1. The molecule has 0 spiro atoms. The minimum Gasteiger partial charge on any atom is -0.478 e. The van der Waals surface area contributed by atoms with Gasteiger partial charge in [-0.05, 0) is 18.2 Å². The predicted octanol–water partition coefficient (Wildman–Crippen LogP) is 2.51. The summed E-state index contributed by atoms with van der Waals surface area (Å²) in [6.45, 7) is 0. The number of nitrogens with two attached hydrogens (primary N) is 1. The van der Waals surface area contributed by atoms with E-state index in [1.165, 1.54) is 6.07 Å². The van der Waals surface area contributed by atoms with E-state index in [1.807, 2.05) is 30.5 Å². The van der Waals surface area contributed by atoms with Crippen LogP contribution in [0.1, 0.15) is 10.4 Å². The number of carboxylic acid groups (broad SMARTS) is 1. The van der Waals surface area contributed by atoms with E-state index in [2.05, 4.69) is 9.97 Å². The first-order chi connectivity index (χ1) is 9.16. The van der Waals surface area contributed by atoms with E-state index in [0.29, 0.717) is 5.69 Å². The van der Waals surface area contributed by atoms with E-state index >= 15 is 0 Å². The fourth-order valence-corrected chi connectivity index (χ4v) is 2.09. The summed E-state index contributed by atoms with van der Waals surface area (Å²) in [6.07, 6.45) is 1.84. The van der Waals surface area contributed by atoms with Crippen LogP contribution in [-0.2, 0) is 0 Å². The maximum Gasteiger partial charge on any atom is 0.339 e. The molecule has 94 valence electrons. The Morgan fingerprint density at radius 2 is 2.00 bits per heavy atom. The van der Waals surface area contributed by atoms with Gasteiger partial charge in [0.15, 0.2) is 0 Å². The van der Waals surface area contributed by atoms with Gasteiger partial charge in [0.2, 0.25) is 0 Å². The first-order valence-electron chi connectivity index (χ1n) is 5.73. The minimum absolute atomic E-state index is 0.0172. The van der Waals surface area contributed by atoms with Crippen molar-refractivity contribution >= 4 is 22.7 Å². The smallest absolute Gasteiger partial charge is 0.339 e. The normalized spacial score (nSPS) is 10.7. The summed E-state index contributed by atoms with van der Waals surface area (Å²) < 4.78 is 0. The summed E-state index contributed by atoms with van der Waals surface area (Å²) in [7, 11) is 0. The Morgan fingerprint density at radius 1 is 1.21 bits per heavy atom. The van der Waals surface area contributed by atoms with Crippen LogP contribution in [0.4, 0.5) is 5.82 Å². The van der Waals surface area contributed by atoms with Crippen LogP contribution in [0.15, 0.2) is 42.6 Å². The lowest BCUT2D eigenvalue weighted by Gasteiger charge is -2.03. The zero-order chi connectivity index (χ0) is 13.4. The Labute approximate surface area is 108 Å². The van der Waals surface area contributed by atoms with Crippen molar-refractivity contribution in [2.24, 2.45) is 0 Å². The number of carboxylic acids is 1. The van der Waals surface area contributed by atoms with E-state index < -0.39 is 5.97 Å². The van der Waals surface area contributed by atoms with Crippen molar-refractivity contribution in [1.29, 1.82) is 0 Å². The lowest BCUT2D eigenvalue weighted by molar-refractivity contribution is 0.0697. The highest BCUT2D eigenvalue weighted by Crippen LogP contribution is 2.28. The van der Waals surface area contributed by atoms with Crippen LogP contribution in [0, 0.1) is 0 Å². The molecular formula is C14H11N3O2. The van der Waals surface area contributed by atoms with Crippen LogP contribution in [0.5, 0.6) is 0 Å². The molecule has 3 aromatic rings. The molecular weight excluding hydrogens is 242 g/mol. The third-order valence-corrected chi connectivity index (χ3v) is 3.02. The summed E-state index contributed by atoms with van der Waals surface area (Å²) in [5.41, 5.74) is 8.24. The van der Waals surface area contributed by atoms with Crippen LogP contribution in [0.2, 0.25) is 0 Å². The quantitative estimate of drug-likeness (QED) is 0.654. The molecule has 0 unspecified atom stereocenters. The average Bonchev–Trinajstić information content (AvgIpc) is 2.82. The lowest BCUT2D eigenvalue weighted by Crippen LogP contribution is -2.04. The number of aromatic nitrogens is 2. The summed E-state index contributed by atoms with van der Waals surface area (Å²) in [5.74, 6) is -1.05. The maximum absolute atomic E-state index is 10.9. The second-order valence-electron chi connectivity index (χ2n) is 4.18. The van der Waals surface area contributed by atoms with Crippen molar-refractivity contribution in [2.75, 3.05) is 5.73 Å². The number of hydrogen-bond donors (Lipinski definition) is 3. The number of hydrogen-bond acceptors (Lipinski definition) is 3. The average molecular weight is 253 g/mol. The number of aromatic carboxylic acids is 1. The first kappa shape index (κ1) is 11.3. The van der Waals surface area contributed by atoms with Crippen molar-refractivity contribution in [3.05, 3.63) is 48.2 Å². The molecule has 0 aliphatic heterocycles. The highest BCUT2D eigenvalue weighted by molar-refractivity contribution is 5.96. The van der Waals surface area contributed by atoms with Gasteiger partial charge in [-0.25, -0.2) is 9.78 Å². The molecule has 2 aromatic heterocycles. The number of fused-ring (bicyclic) bond motifs is 1. The molecule has 4 N–H and O–H groups in total. The van der Waals surface area contributed by atoms with Crippen LogP contribution in [0.25, 0.3) is 22.2 Å². The Balaban J connectivity index is 2.17. The van der Waals surface area contributed by atoms with Gasteiger partial charge < -0.3 is 15.8 Å². The monoisotopic (exact) mass is 253 g/mol. The first-order valence-corrected chi connectivity index (χ1v) is 5.73. The minimum atomic E-state index is -1.07. The van der Waals surface area contributed by atoms with Gasteiger partial charge in [0.25, 0.3) is 0 Å². The van der Waals surface area contributed by atoms with Gasteiger partial charge in [-0.1, -0.05) is 18.2 Å². The number of para-hydroxylation sites is 1. The van der Waals surface area contributed by atoms with Crippen molar-refractivity contribution in [1.82, 2.24) is 9.97 Å². The molecule has 0 bridgehead atoms. The number of rotatable bonds is 2. The highest BCUT2D eigenvalue weighted by atomic mass is 16.4. The summed E-state index contributed by atoms with van der Waals surface area (Å²) in [5, 5.41) is 9.96. The van der Waals surface area contributed by atoms with Gasteiger partial charge in [0.1, 0.15) is 11.4 Å². The lowest BCUT2D eigenvalue weighted by atomic mass is 10.1. The predicted molar refractivity (Wildman–Crippen MR) is 72.9 cm³/mol. The molecule has 0 fully saturated rings. The number of aromatic amines is 1. The number of nitrogen functional groups attached to an aromatic ring is 1. The molecule has 0 amide bonds. The number of nitrogens with one attached hydrogen (secondary N) is 1. The molecule has 5 nitrogen and oxygen atoms in total. The molecule has 2 heterocycles. The second-order valence-corrected chi connectivity index (χ2v) is 4.18. The molecule has 1 aromatic carbocycles. The number of nitrogens with zero attached hydrogens (tertiary/aromatic N) is 1. The van der Waals surface area contributed by atoms with Crippen LogP contribution >= 0.6 is 0 Å². The largest absolute Gasteiger partial charge is 0.478 e. The van der Waals surface area contributed by atoms with E-state index in [1.54, 1.807) is 6.07 Å². The van der Waals surface area contributed by atoms with Crippen molar-refractivity contribution < 1.29 is 9.90 Å². The van der Waals surface area contributed by atoms with Gasteiger partial charge >= 0.3 is 5.97 Å². The fraction of sp³-hybridized carbons (Fsp3) is 0. The third kappa shape index (κ3) is 1.81. The number of pyridine rings is 1. The zero-order valence-electron chi connectivity index (χ0n) is 9.92. The second kappa shape index (κ2) is 4.13. The molecule has 0 saturated heterocycles. The van der Waals surface area contributed by atoms with E-state index in [0.717, 1.165) is 16.5 Å². The SMILES string of the molecule is Nc1nc(-c2c[nH]c3ccccc23)ccc1C(=O)O.